The maximum Gasteiger partial charge on any atom is 0.354 e. The van der Waals surface area contributed by atoms with Crippen LogP contribution in [0.15, 0.2) is 47.5 Å². The summed E-state index contributed by atoms with van der Waals surface area (Å²) in [6.07, 6.45) is 1.31. The van der Waals surface area contributed by atoms with Gasteiger partial charge in [-0.3, -0.25) is 0 Å². The van der Waals surface area contributed by atoms with Gasteiger partial charge in [-0.15, -0.1) is 0 Å². The molecule has 0 unspecified atom stereocenters. The van der Waals surface area contributed by atoms with Crippen molar-refractivity contribution in [2.75, 3.05) is 0 Å². The fraction of sp³-hybridized carbons (Fsp3) is 0.0769. The lowest BCUT2D eigenvalue weighted by atomic mass is 10.2. The van der Waals surface area contributed by atoms with Gasteiger partial charge in [-0.05, 0) is 35.9 Å². The molecule has 0 amide bonds. The van der Waals surface area contributed by atoms with Gasteiger partial charge in [0.2, 0.25) is 10.0 Å². The maximum absolute atomic E-state index is 12.0. The van der Waals surface area contributed by atoms with Crippen LogP contribution in [0.1, 0.15) is 16.1 Å². The van der Waals surface area contributed by atoms with Gasteiger partial charge in [-0.25, -0.2) is 22.9 Å². The van der Waals surface area contributed by atoms with Gasteiger partial charge in [0.25, 0.3) is 0 Å². The SMILES string of the molecule is O=C(O)c1ccc(CNS(=O)(=O)c2ccc(Cl)cc2)cn1. The zero-order valence-corrected chi connectivity index (χ0v) is 12.2. The van der Waals surface area contributed by atoms with Crippen molar-refractivity contribution in [3.05, 3.63) is 58.9 Å². The summed E-state index contributed by atoms with van der Waals surface area (Å²) in [5.41, 5.74) is 0.455. The third-order valence-corrected chi connectivity index (χ3v) is 4.30. The van der Waals surface area contributed by atoms with Crippen LogP contribution < -0.4 is 4.72 Å². The number of hydrogen-bond acceptors (Lipinski definition) is 4. The lowest BCUT2D eigenvalue weighted by molar-refractivity contribution is 0.0690. The molecule has 0 saturated heterocycles. The van der Waals surface area contributed by atoms with Gasteiger partial charge >= 0.3 is 5.97 Å². The van der Waals surface area contributed by atoms with E-state index in [1.165, 1.54) is 42.6 Å². The second-order valence-electron chi connectivity index (χ2n) is 4.14. The fourth-order valence-corrected chi connectivity index (χ4v) is 2.67. The van der Waals surface area contributed by atoms with Gasteiger partial charge in [-0.1, -0.05) is 17.7 Å². The van der Waals surface area contributed by atoms with E-state index in [9.17, 15) is 13.2 Å². The number of pyridine rings is 1. The summed E-state index contributed by atoms with van der Waals surface area (Å²) in [7, 11) is -3.65. The highest BCUT2D eigenvalue weighted by molar-refractivity contribution is 7.89. The van der Waals surface area contributed by atoms with Crippen LogP contribution in [0.2, 0.25) is 5.02 Å². The van der Waals surface area contributed by atoms with Crippen LogP contribution in [0.25, 0.3) is 0 Å². The monoisotopic (exact) mass is 326 g/mol. The highest BCUT2D eigenvalue weighted by atomic mass is 35.5. The Kier molecular flexibility index (Phi) is 4.56. The van der Waals surface area contributed by atoms with Crippen LogP contribution in [0.4, 0.5) is 0 Å². The summed E-state index contributed by atoms with van der Waals surface area (Å²) in [6, 6.07) is 8.58. The predicted octanol–water partition coefficient (Wildman–Crippen LogP) is 1.91. The number of aromatic carboxylic acids is 1. The molecular weight excluding hydrogens is 316 g/mol. The smallest absolute Gasteiger partial charge is 0.354 e. The molecular formula is C13H11ClN2O4S. The molecule has 0 fully saturated rings. The number of nitrogens with zero attached hydrogens (tertiary/aromatic N) is 1. The van der Waals surface area contributed by atoms with Gasteiger partial charge in [-0.2, -0.15) is 0 Å². The number of sulfonamides is 1. The second kappa shape index (κ2) is 6.21. The van der Waals surface area contributed by atoms with E-state index in [0.29, 0.717) is 10.6 Å². The molecule has 0 aliphatic carbocycles. The standard InChI is InChI=1S/C13H11ClN2O4S/c14-10-2-4-11(5-3-10)21(19,20)16-8-9-1-6-12(13(17)18)15-7-9/h1-7,16H,8H2,(H,17,18). The van der Waals surface area contributed by atoms with E-state index < -0.39 is 16.0 Å². The summed E-state index contributed by atoms with van der Waals surface area (Å²) in [4.78, 5) is 14.5. The van der Waals surface area contributed by atoms with Gasteiger partial charge < -0.3 is 5.11 Å². The summed E-state index contributed by atoms with van der Waals surface area (Å²) in [5.74, 6) is -1.14. The summed E-state index contributed by atoms with van der Waals surface area (Å²) in [6.45, 7) is 0.0118. The highest BCUT2D eigenvalue weighted by Gasteiger charge is 2.13. The average molecular weight is 327 g/mol. The highest BCUT2D eigenvalue weighted by Crippen LogP contribution is 2.14. The summed E-state index contributed by atoms with van der Waals surface area (Å²) in [5, 5.41) is 9.17. The number of carboxylic acids is 1. The molecule has 8 heteroatoms. The lowest BCUT2D eigenvalue weighted by Crippen LogP contribution is -2.23. The molecule has 0 radical (unpaired) electrons. The lowest BCUT2D eigenvalue weighted by Gasteiger charge is -2.07. The Hall–Kier alpha value is -1.96. The number of hydrogen-bond donors (Lipinski definition) is 2. The predicted molar refractivity (Wildman–Crippen MR) is 76.7 cm³/mol. The van der Waals surface area contributed by atoms with E-state index in [4.69, 9.17) is 16.7 Å². The first-order valence-corrected chi connectivity index (χ1v) is 7.68. The first-order valence-electron chi connectivity index (χ1n) is 5.82. The van der Waals surface area contributed by atoms with Crippen LogP contribution in [0.3, 0.4) is 0 Å². The number of aromatic nitrogens is 1. The summed E-state index contributed by atoms with van der Waals surface area (Å²) < 4.78 is 26.4. The number of benzene rings is 1. The van der Waals surface area contributed by atoms with Crippen molar-refractivity contribution < 1.29 is 18.3 Å². The van der Waals surface area contributed by atoms with Crippen LogP contribution in [-0.4, -0.2) is 24.5 Å². The molecule has 1 aromatic heterocycles. The van der Waals surface area contributed by atoms with E-state index in [-0.39, 0.29) is 17.1 Å². The Morgan fingerprint density at radius 1 is 1.19 bits per heavy atom. The van der Waals surface area contributed by atoms with E-state index in [2.05, 4.69) is 9.71 Å². The molecule has 0 aliphatic heterocycles. The third-order valence-electron chi connectivity index (χ3n) is 2.63. The average Bonchev–Trinajstić information content (AvgIpc) is 2.46. The molecule has 2 aromatic rings. The Morgan fingerprint density at radius 3 is 2.38 bits per heavy atom. The van der Waals surface area contributed by atoms with Gasteiger partial charge in [0.15, 0.2) is 0 Å². The Bertz CT molecular complexity index is 743. The van der Waals surface area contributed by atoms with E-state index in [1.54, 1.807) is 0 Å². The molecule has 2 rings (SSSR count). The van der Waals surface area contributed by atoms with Crippen LogP contribution in [-0.2, 0) is 16.6 Å². The van der Waals surface area contributed by atoms with Gasteiger partial charge in [0.05, 0.1) is 4.90 Å². The van der Waals surface area contributed by atoms with Crippen molar-refractivity contribution in [3.63, 3.8) is 0 Å². The van der Waals surface area contributed by atoms with Crippen molar-refractivity contribution in [1.29, 1.82) is 0 Å². The van der Waals surface area contributed by atoms with Crippen molar-refractivity contribution >= 4 is 27.6 Å². The van der Waals surface area contributed by atoms with Crippen molar-refractivity contribution in [1.82, 2.24) is 9.71 Å². The Balaban J connectivity index is 2.08. The first kappa shape index (κ1) is 15.4. The molecule has 0 atom stereocenters. The molecule has 0 saturated carbocycles. The van der Waals surface area contributed by atoms with Crippen LogP contribution in [0.5, 0.6) is 0 Å². The van der Waals surface area contributed by atoms with Gasteiger partial charge in [0, 0.05) is 17.8 Å². The molecule has 0 aliphatic rings. The minimum Gasteiger partial charge on any atom is -0.477 e. The van der Waals surface area contributed by atoms with Crippen LogP contribution >= 0.6 is 11.6 Å². The Morgan fingerprint density at radius 2 is 1.86 bits per heavy atom. The van der Waals surface area contributed by atoms with Gasteiger partial charge in [0.1, 0.15) is 5.69 Å². The maximum atomic E-state index is 12.0. The number of rotatable bonds is 5. The van der Waals surface area contributed by atoms with Crippen molar-refractivity contribution in [3.8, 4) is 0 Å². The Labute approximate surface area is 126 Å². The first-order chi connectivity index (χ1) is 9.88. The largest absolute Gasteiger partial charge is 0.477 e. The minimum atomic E-state index is -3.65. The molecule has 1 heterocycles. The second-order valence-corrected chi connectivity index (χ2v) is 6.34. The quantitative estimate of drug-likeness (QED) is 0.875. The zero-order valence-electron chi connectivity index (χ0n) is 10.7. The molecule has 1 aromatic carbocycles. The number of halogens is 1. The molecule has 2 N–H and O–H groups in total. The molecule has 6 nitrogen and oxygen atoms in total. The molecule has 0 bridgehead atoms. The normalized spacial score (nSPS) is 11.3. The van der Waals surface area contributed by atoms with E-state index in [1.807, 2.05) is 0 Å². The molecule has 21 heavy (non-hydrogen) atoms. The molecule has 110 valence electrons. The van der Waals surface area contributed by atoms with Crippen molar-refractivity contribution in [2.45, 2.75) is 11.4 Å². The number of nitrogens with one attached hydrogen (secondary N) is 1. The van der Waals surface area contributed by atoms with E-state index in [0.717, 1.165) is 0 Å². The third kappa shape index (κ3) is 4.01. The number of carboxylic acid groups (broad SMARTS) is 1. The summed E-state index contributed by atoms with van der Waals surface area (Å²) >= 11 is 5.70. The van der Waals surface area contributed by atoms with E-state index >= 15 is 0 Å². The fourth-order valence-electron chi connectivity index (χ4n) is 1.53. The van der Waals surface area contributed by atoms with Crippen molar-refractivity contribution in [2.24, 2.45) is 0 Å². The number of carbonyl (C=O) groups is 1. The topological polar surface area (TPSA) is 96.4 Å². The van der Waals surface area contributed by atoms with Crippen LogP contribution in [0, 0.1) is 0 Å². The minimum absolute atomic E-state index is 0.0118. The molecule has 0 spiro atoms. The zero-order chi connectivity index (χ0) is 15.5.